The Morgan fingerprint density at radius 2 is 1.36 bits per heavy atom. The lowest BCUT2D eigenvalue weighted by molar-refractivity contribution is -0.123. The number of carbonyl (C=O) groups is 2. The number of aliphatic hydroxyl groups is 4. The second-order valence-electron chi connectivity index (χ2n) is 16.7. The third-order valence-electron chi connectivity index (χ3n) is 10.5. The van der Waals surface area contributed by atoms with Crippen molar-refractivity contribution in [2.45, 2.75) is 94.9 Å². The number of nitrogens with two attached hydrogens (primary N) is 1. The predicted octanol–water partition coefficient (Wildman–Crippen LogP) is 2.98. The van der Waals surface area contributed by atoms with Crippen LogP contribution in [0.1, 0.15) is 47.1 Å². The van der Waals surface area contributed by atoms with Crippen molar-refractivity contribution in [3.05, 3.63) is 106 Å². The molecule has 2 saturated heterocycles. The van der Waals surface area contributed by atoms with Crippen LogP contribution >= 0.6 is 25.9 Å². The Kier molecular flexibility index (Phi) is 21.0. The van der Waals surface area contributed by atoms with Gasteiger partial charge >= 0.3 is 26.0 Å². The summed E-state index contributed by atoms with van der Waals surface area (Å²) < 4.78 is 83.7. The first-order valence-corrected chi connectivity index (χ1v) is 25.7. The van der Waals surface area contributed by atoms with Gasteiger partial charge in [-0.25, -0.2) is 42.7 Å². The van der Waals surface area contributed by atoms with Crippen molar-refractivity contribution in [2.24, 2.45) is 4.99 Å². The second kappa shape index (κ2) is 25.5. The molecule has 6 rings (SSSR count). The summed E-state index contributed by atoms with van der Waals surface area (Å²) in [5.41, 5.74) is -0.806. The molecule has 2 aliphatic heterocycles. The van der Waals surface area contributed by atoms with E-state index >= 15 is 4.39 Å². The number of alkyl halides is 2. The zero-order valence-electron chi connectivity index (χ0n) is 40.0. The molecular formula is C43H58ClF2N9O15P2. The molecule has 2 aliphatic rings. The fourth-order valence-electron chi connectivity index (χ4n) is 6.44. The van der Waals surface area contributed by atoms with Crippen molar-refractivity contribution in [3.63, 3.8) is 0 Å². The normalized spacial score (nSPS) is 26.1. The quantitative estimate of drug-likeness (QED) is 0.0403. The van der Waals surface area contributed by atoms with Gasteiger partial charge in [-0.2, -0.15) is 9.97 Å². The SMILES string of the molecule is CC(=O)[C@H](C)NP(=O)(OC[C@H]1O[C@@H](n2ccc(N)nc2=O)[C@](C)(F)[C@@H]1O)Oc1ccccc1.CN(C)C=Nc1ccn([C@@H]2O[C@H](CO)[C@@H](O)[C@@]2(C)F)c(=O)n1.C[C@H](NP(=O)(Cl)Oc1ccccc1)C(=O)CO. The number of carbonyl (C=O) groups excluding carboxylic acids is 2. The fourth-order valence-corrected chi connectivity index (χ4v) is 9.75. The van der Waals surface area contributed by atoms with E-state index in [2.05, 4.69) is 25.1 Å². The number of nitrogen functional groups attached to an aromatic ring is 1. The van der Waals surface area contributed by atoms with Gasteiger partial charge in [0, 0.05) is 37.7 Å². The number of hydrogen-bond donors (Lipinski definition) is 7. The molecule has 29 heteroatoms. The summed E-state index contributed by atoms with van der Waals surface area (Å²) in [4.78, 5) is 59.8. The van der Waals surface area contributed by atoms with E-state index in [1.54, 1.807) is 67.5 Å². The van der Waals surface area contributed by atoms with Gasteiger partial charge in [0.2, 0.25) is 0 Å². The Morgan fingerprint density at radius 3 is 1.83 bits per heavy atom. The van der Waals surface area contributed by atoms with Gasteiger partial charge in [-0.3, -0.25) is 23.2 Å². The third-order valence-corrected chi connectivity index (χ3v) is 13.8. The highest BCUT2D eigenvalue weighted by Gasteiger charge is 2.56. The van der Waals surface area contributed by atoms with Gasteiger partial charge in [0.05, 0.1) is 31.6 Å². The van der Waals surface area contributed by atoms with E-state index in [9.17, 15) is 42.9 Å². The van der Waals surface area contributed by atoms with Crippen LogP contribution in [-0.4, -0.2) is 144 Å². The Morgan fingerprint density at radius 1 is 0.861 bits per heavy atom. The Bertz CT molecular complexity index is 2690. The first-order chi connectivity index (χ1) is 33.6. The molecule has 8 N–H and O–H groups in total. The highest BCUT2D eigenvalue weighted by molar-refractivity contribution is 7.84. The maximum Gasteiger partial charge on any atom is 0.459 e. The van der Waals surface area contributed by atoms with E-state index in [1.165, 1.54) is 63.8 Å². The van der Waals surface area contributed by atoms with Crippen LogP contribution in [0, 0.1) is 0 Å². The van der Waals surface area contributed by atoms with E-state index < -0.39 is 112 Å². The summed E-state index contributed by atoms with van der Waals surface area (Å²) in [6.07, 6.45) is -4.65. The number of rotatable bonds is 19. The molecule has 2 unspecified atom stereocenters. The number of halogens is 3. The van der Waals surface area contributed by atoms with E-state index in [0.29, 0.717) is 5.75 Å². The number of Topliss-reactive ketones (excluding diaryl/α,β-unsaturated/α-hetero) is 2. The average molecular weight is 1080 g/mol. The molecule has 4 aromatic rings. The molecule has 396 valence electrons. The van der Waals surface area contributed by atoms with Crippen molar-refractivity contribution in [2.75, 3.05) is 39.6 Å². The number of ether oxygens (including phenoxy) is 2. The van der Waals surface area contributed by atoms with Crippen molar-refractivity contribution in [3.8, 4) is 11.5 Å². The van der Waals surface area contributed by atoms with Crippen LogP contribution in [0.5, 0.6) is 11.5 Å². The number of ketones is 2. The summed E-state index contributed by atoms with van der Waals surface area (Å²) >= 11 is 5.66. The number of para-hydroxylation sites is 2. The number of aliphatic hydroxyl groups excluding tert-OH is 4. The van der Waals surface area contributed by atoms with Gasteiger partial charge in [-0.05, 0) is 71.0 Å². The maximum absolute atomic E-state index is 15.4. The average Bonchev–Trinajstić information content (AvgIpc) is 3.68. The van der Waals surface area contributed by atoms with Gasteiger partial charge in [0.15, 0.2) is 35.4 Å². The summed E-state index contributed by atoms with van der Waals surface area (Å²) in [6.45, 7) is 0.975. The molecule has 0 radical (unpaired) electrons. The first-order valence-electron chi connectivity index (χ1n) is 21.7. The summed E-state index contributed by atoms with van der Waals surface area (Å²) in [5.74, 6) is -0.180. The second-order valence-corrected chi connectivity index (χ2v) is 21.1. The minimum Gasteiger partial charge on any atom is -0.422 e. The Hall–Kier alpha value is -5.34. The zero-order valence-corrected chi connectivity index (χ0v) is 42.5. The standard InChI is InChI=1S/C20H26FN4O7P.C13H19FN4O4.C10H13ClNO4P/c1-12(13(2)26)24-33(29,32-14-7-5-4-6-8-14)30-11-15-17(27)20(3,21)18(31-15)25-10-9-16(22)23-19(25)28;1-13(14)10(20)8(6-19)22-11(13)18-5-4-9(16-12(18)21)15-7-17(2)3;1-8(10(14)7-13)12-17(11,15)16-9-5-3-2-4-6-9/h4-10,12,15,17-18,27H,11H2,1-3H3,(H,24,29)(H2,22,23,28);4-5,7-8,10-11,19-20H,6H2,1-3H3;2-6,8,13H,7H2,1H3,(H,12,15)/t12-,15+,17+,18+,20+,33?;8-,10-,11-,13-;8-,17?/m010/s1. The minimum absolute atomic E-state index is 0.0556. The van der Waals surface area contributed by atoms with Crippen LogP contribution in [0.3, 0.4) is 0 Å². The van der Waals surface area contributed by atoms with Crippen LogP contribution < -0.4 is 36.3 Å². The smallest absolute Gasteiger partial charge is 0.422 e. The number of hydrogen-bond acceptors (Lipinski definition) is 19. The van der Waals surface area contributed by atoms with E-state index in [4.69, 9.17) is 50.2 Å². The lowest BCUT2D eigenvalue weighted by Crippen LogP contribution is -2.43. The topological polar surface area (TPSA) is 331 Å². The van der Waals surface area contributed by atoms with Crippen LogP contribution in [0.25, 0.3) is 0 Å². The molecule has 2 aromatic heterocycles. The molecule has 0 bridgehead atoms. The Labute approximate surface area is 416 Å². The van der Waals surface area contributed by atoms with E-state index in [-0.39, 0.29) is 23.2 Å². The van der Waals surface area contributed by atoms with Crippen molar-refractivity contribution in [1.82, 2.24) is 34.2 Å². The van der Waals surface area contributed by atoms with E-state index in [1.807, 2.05) is 0 Å². The van der Waals surface area contributed by atoms with Crippen LogP contribution in [0.15, 0.2) is 99.8 Å². The van der Waals surface area contributed by atoms with Gasteiger partial charge in [0.25, 0.3) is 0 Å². The number of aromatic nitrogens is 4. The van der Waals surface area contributed by atoms with Crippen molar-refractivity contribution >= 4 is 55.4 Å². The maximum atomic E-state index is 15.4. The van der Waals surface area contributed by atoms with Crippen LogP contribution in [-0.2, 0) is 32.7 Å². The molecule has 0 saturated carbocycles. The lowest BCUT2D eigenvalue weighted by Gasteiger charge is -2.25. The Balaban J connectivity index is 0.000000250. The number of nitrogens with one attached hydrogen (secondary N) is 2. The largest absolute Gasteiger partial charge is 0.459 e. The molecule has 0 amide bonds. The van der Waals surface area contributed by atoms with Gasteiger partial charge in [-0.15, -0.1) is 0 Å². The monoisotopic (exact) mass is 1080 g/mol. The summed E-state index contributed by atoms with van der Waals surface area (Å²) in [5, 5.41) is 42.9. The van der Waals surface area contributed by atoms with Crippen molar-refractivity contribution < 1.29 is 71.0 Å². The lowest BCUT2D eigenvalue weighted by atomic mass is 9.98. The fraction of sp³-hybridized carbons (Fsp3) is 0.465. The molecule has 12 atom stereocenters. The van der Waals surface area contributed by atoms with Crippen LogP contribution in [0.2, 0.25) is 0 Å². The van der Waals surface area contributed by atoms with Crippen molar-refractivity contribution in [1.29, 1.82) is 0 Å². The summed E-state index contributed by atoms with van der Waals surface area (Å²) in [7, 11) is -0.630. The number of nitrogens with zero attached hydrogens (tertiary/aromatic N) is 6. The molecule has 72 heavy (non-hydrogen) atoms. The third kappa shape index (κ3) is 16.1. The molecule has 2 fully saturated rings. The molecule has 2 aromatic carbocycles. The molecule has 0 spiro atoms. The minimum atomic E-state index is -4.16. The van der Waals surface area contributed by atoms with Gasteiger partial charge in [0.1, 0.15) is 54.1 Å². The highest BCUT2D eigenvalue weighted by atomic mass is 35.7. The van der Waals surface area contributed by atoms with Gasteiger partial charge < -0.3 is 49.6 Å². The zero-order chi connectivity index (χ0) is 53.8. The predicted molar refractivity (Wildman–Crippen MR) is 258 cm³/mol. The molecule has 4 heterocycles. The van der Waals surface area contributed by atoms with Gasteiger partial charge in [-0.1, -0.05) is 36.4 Å². The van der Waals surface area contributed by atoms with E-state index in [0.717, 1.165) is 23.0 Å². The first kappa shape index (κ1) is 59.2. The number of anilines is 1. The summed E-state index contributed by atoms with van der Waals surface area (Å²) in [6, 6.07) is 17.4. The molecule has 0 aliphatic carbocycles. The number of benzene rings is 2. The molecular weight excluding hydrogens is 1020 g/mol. The molecule has 24 nitrogen and oxygen atoms in total. The van der Waals surface area contributed by atoms with Crippen LogP contribution in [0.4, 0.5) is 20.4 Å². The highest BCUT2D eigenvalue weighted by Crippen LogP contribution is 2.49. The number of aliphatic imine (C=N–C) groups is 1.